The highest BCUT2D eigenvalue weighted by molar-refractivity contribution is 7.22. The Hall–Kier alpha value is -2.19. The Morgan fingerprint density at radius 3 is 2.71 bits per heavy atom. The van der Waals surface area contributed by atoms with Crippen molar-refractivity contribution in [2.45, 2.75) is 12.8 Å². The lowest BCUT2D eigenvalue weighted by atomic mass is 10.1. The second-order valence-corrected chi connectivity index (χ2v) is 8.88. The van der Waals surface area contributed by atoms with E-state index in [4.69, 9.17) is 26.1 Å². The van der Waals surface area contributed by atoms with Gasteiger partial charge in [-0.05, 0) is 36.2 Å². The number of hydrogen-bond donors (Lipinski definition) is 0. The van der Waals surface area contributed by atoms with Gasteiger partial charge in [0.2, 0.25) is 5.91 Å². The Kier molecular flexibility index (Phi) is 7.40. The molecule has 31 heavy (non-hydrogen) atoms. The lowest BCUT2D eigenvalue weighted by Gasteiger charge is -2.27. The summed E-state index contributed by atoms with van der Waals surface area (Å²) in [5.74, 6) is 0.807. The van der Waals surface area contributed by atoms with E-state index in [1.807, 2.05) is 47.4 Å². The van der Waals surface area contributed by atoms with Crippen LogP contribution in [-0.2, 0) is 16.0 Å². The number of hydrogen-bond acceptors (Lipinski definition) is 6. The number of thiazole rings is 1. The van der Waals surface area contributed by atoms with Crippen molar-refractivity contribution in [1.29, 1.82) is 0 Å². The molecule has 6 nitrogen and oxygen atoms in total. The number of carbonyl (C=O) groups is 1. The van der Waals surface area contributed by atoms with E-state index in [1.165, 1.54) is 11.3 Å². The molecule has 1 amide bonds. The summed E-state index contributed by atoms with van der Waals surface area (Å²) >= 11 is 7.84. The molecule has 0 spiro atoms. The molecule has 1 saturated heterocycles. The third-order valence-electron chi connectivity index (χ3n) is 5.36. The van der Waals surface area contributed by atoms with E-state index >= 15 is 0 Å². The van der Waals surface area contributed by atoms with Gasteiger partial charge in [-0.25, -0.2) is 4.98 Å². The van der Waals surface area contributed by atoms with E-state index in [-0.39, 0.29) is 5.91 Å². The Bertz CT molecular complexity index is 1020. The van der Waals surface area contributed by atoms with Crippen LogP contribution in [0.4, 0.5) is 5.13 Å². The summed E-state index contributed by atoms with van der Waals surface area (Å²) in [7, 11) is 1.63. The van der Waals surface area contributed by atoms with Gasteiger partial charge < -0.3 is 9.47 Å². The lowest BCUT2D eigenvalue weighted by Crippen LogP contribution is -2.39. The van der Waals surface area contributed by atoms with Crippen LogP contribution >= 0.6 is 22.9 Å². The smallest absolute Gasteiger partial charge is 0.233 e. The molecule has 164 valence electrons. The lowest BCUT2D eigenvalue weighted by molar-refractivity contribution is -0.118. The predicted octanol–water partition coefficient (Wildman–Crippen LogP) is 4.26. The third-order valence-corrected chi connectivity index (χ3v) is 6.71. The predicted molar refractivity (Wildman–Crippen MR) is 126 cm³/mol. The highest BCUT2D eigenvalue weighted by Gasteiger charge is 2.21. The zero-order valence-corrected chi connectivity index (χ0v) is 19.1. The number of methoxy groups -OCH3 is 1. The van der Waals surface area contributed by atoms with Crippen molar-refractivity contribution < 1.29 is 14.3 Å². The largest absolute Gasteiger partial charge is 0.497 e. The van der Waals surface area contributed by atoms with Gasteiger partial charge in [-0.1, -0.05) is 41.1 Å². The van der Waals surface area contributed by atoms with Crippen LogP contribution in [0.2, 0.25) is 5.02 Å². The highest BCUT2D eigenvalue weighted by Crippen LogP contribution is 2.33. The fourth-order valence-electron chi connectivity index (χ4n) is 3.64. The van der Waals surface area contributed by atoms with Gasteiger partial charge in [-0.15, -0.1) is 0 Å². The first-order valence-electron chi connectivity index (χ1n) is 10.4. The number of anilines is 1. The van der Waals surface area contributed by atoms with Crippen molar-refractivity contribution in [2.24, 2.45) is 0 Å². The summed E-state index contributed by atoms with van der Waals surface area (Å²) in [6, 6.07) is 13.3. The molecule has 2 aromatic carbocycles. The normalized spacial score (nSPS) is 14.6. The molecule has 4 rings (SSSR count). The molecule has 0 N–H and O–H groups in total. The van der Waals surface area contributed by atoms with Gasteiger partial charge in [0, 0.05) is 26.2 Å². The summed E-state index contributed by atoms with van der Waals surface area (Å²) < 4.78 is 11.6. The molecule has 1 aromatic heterocycles. The first-order chi connectivity index (χ1) is 15.1. The second-order valence-electron chi connectivity index (χ2n) is 7.46. The minimum atomic E-state index is 0.0299. The molecule has 0 radical (unpaired) electrons. The average molecular weight is 460 g/mol. The fourth-order valence-corrected chi connectivity index (χ4v) is 4.94. The number of fused-ring (bicyclic) bond motifs is 1. The van der Waals surface area contributed by atoms with Crippen LogP contribution in [0.1, 0.15) is 12.0 Å². The zero-order valence-electron chi connectivity index (χ0n) is 17.6. The molecule has 0 bridgehead atoms. The van der Waals surface area contributed by atoms with E-state index in [9.17, 15) is 4.79 Å². The molecule has 1 aliphatic heterocycles. The van der Waals surface area contributed by atoms with Crippen molar-refractivity contribution in [1.82, 2.24) is 9.88 Å². The van der Waals surface area contributed by atoms with Crippen LogP contribution in [0.5, 0.6) is 5.75 Å². The molecular weight excluding hydrogens is 434 g/mol. The summed E-state index contributed by atoms with van der Waals surface area (Å²) in [6.07, 6.45) is 1.18. The van der Waals surface area contributed by atoms with Crippen LogP contribution in [0.3, 0.4) is 0 Å². The number of para-hydroxylation sites is 1. The van der Waals surface area contributed by atoms with Crippen LogP contribution in [0.25, 0.3) is 10.2 Å². The maximum absolute atomic E-state index is 13.3. The summed E-state index contributed by atoms with van der Waals surface area (Å²) in [6.45, 7) is 4.98. The van der Waals surface area contributed by atoms with E-state index in [0.29, 0.717) is 23.1 Å². The van der Waals surface area contributed by atoms with Crippen molar-refractivity contribution in [3.63, 3.8) is 0 Å². The maximum Gasteiger partial charge on any atom is 0.233 e. The van der Waals surface area contributed by atoms with E-state index in [0.717, 1.165) is 60.8 Å². The van der Waals surface area contributed by atoms with Gasteiger partial charge in [0.15, 0.2) is 5.13 Å². The second kappa shape index (κ2) is 10.4. The van der Waals surface area contributed by atoms with Crippen molar-refractivity contribution >= 4 is 44.2 Å². The van der Waals surface area contributed by atoms with E-state index in [2.05, 4.69) is 4.90 Å². The van der Waals surface area contributed by atoms with Crippen LogP contribution in [0, 0.1) is 0 Å². The van der Waals surface area contributed by atoms with Gasteiger partial charge in [0.1, 0.15) is 11.3 Å². The number of rotatable bonds is 8. The summed E-state index contributed by atoms with van der Waals surface area (Å²) in [5.41, 5.74) is 1.70. The molecule has 8 heteroatoms. The zero-order chi connectivity index (χ0) is 21.6. The number of morpholine rings is 1. The van der Waals surface area contributed by atoms with E-state index < -0.39 is 0 Å². The average Bonchev–Trinajstić information content (AvgIpc) is 3.23. The third kappa shape index (κ3) is 5.54. The van der Waals surface area contributed by atoms with Crippen molar-refractivity contribution in [3.05, 3.63) is 53.1 Å². The van der Waals surface area contributed by atoms with Crippen LogP contribution in [-0.4, -0.2) is 62.3 Å². The Morgan fingerprint density at radius 1 is 1.23 bits per heavy atom. The van der Waals surface area contributed by atoms with Gasteiger partial charge in [-0.2, -0.15) is 0 Å². The molecule has 0 atom stereocenters. The fraction of sp³-hybridized carbons (Fsp3) is 0.391. The first kappa shape index (κ1) is 22.0. The van der Waals surface area contributed by atoms with Gasteiger partial charge in [0.05, 0.1) is 36.5 Å². The highest BCUT2D eigenvalue weighted by atomic mass is 35.5. The maximum atomic E-state index is 13.3. The number of benzene rings is 2. The van der Waals surface area contributed by atoms with Gasteiger partial charge in [0.25, 0.3) is 0 Å². The minimum Gasteiger partial charge on any atom is -0.497 e. The molecule has 1 fully saturated rings. The molecule has 0 aliphatic carbocycles. The van der Waals surface area contributed by atoms with Crippen LogP contribution < -0.4 is 9.64 Å². The Balaban J connectivity index is 1.51. The Morgan fingerprint density at radius 2 is 2.00 bits per heavy atom. The summed E-state index contributed by atoms with van der Waals surface area (Å²) in [4.78, 5) is 22.2. The van der Waals surface area contributed by atoms with Crippen LogP contribution in [0.15, 0.2) is 42.5 Å². The number of aromatic nitrogens is 1. The number of nitrogens with zero attached hydrogens (tertiary/aromatic N) is 3. The number of halogens is 1. The van der Waals surface area contributed by atoms with E-state index in [1.54, 1.807) is 7.11 Å². The molecular formula is C23H26ClN3O3S. The number of amides is 1. The van der Waals surface area contributed by atoms with Crippen molar-refractivity contribution in [2.75, 3.05) is 51.4 Å². The molecule has 2 heterocycles. The topological polar surface area (TPSA) is 54.9 Å². The Labute approximate surface area is 191 Å². The first-order valence-corrected chi connectivity index (χ1v) is 11.6. The monoisotopic (exact) mass is 459 g/mol. The minimum absolute atomic E-state index is 0.0299. The molecule has 3 aromatic rings. The molecule has 1 aliphatic rings. The van der Waals surface area contributed by atoms with Gasteiger partial charge >= 0.3 is 0 Å². The molecule has 0 saturated carbocycles. The van der Waals surface area contributed by atoms with Crippen molar-refractivity contribution in [3.8, 4) is 5.75 Å². The van der Waals surface area contributed by atoms with Gasteiger partial charge in [-0.3, -0.25) is 14.6 Å². The number of carbonyl (C=O) groups excluding carboxylic acids is 1. The quantitative estimate of drug-likeness (QED) is 0.504. The standard InChI is InChI=1S/C23H26ClN3O3S/c1-29-18-8-6-17(7-9-18)16-21(28)27(11-3-10-26-12-14-30-15-13-26)23-25-22-19(24)4-2-5-20(22)31-23/h2,4-9H,3,10-16H2,1H3. The summed E-state index contributed by atoms with van der Waals surface area (Å²) in [5, 5.41) is 1.31. The molecule has 0 unspecified atom stereocenters. The SMILES string of the molecule is COc1ccc(CC(=O)N(CCCN2CCOCC2)c2nc3c(Cl)cccc3s2)cc1. The number of ether oxygens (including phenoxy) is 2.